The minimum absolute atomic E-state index is 0.284. The second-order valence-corrected chi connectivity index (χ2v) is 9.46. The van der Waals surface area contributed by atoms with Gasteiger partial charge in [-0.15, -0.1) is 0 Å². The second kappa shape index (κ2) is 12.4. The van der Waals surface area contributed by atoms with Gasteiger partial charge in [-0.25, -0.2) is 14.4 Å². The van der Waals surface area contributed by atoms with Crippen molar-refractivity contribution in [3.63, 3.8) is 0 Å². The van der Waals surface area contributed by atoms with Gasteiger partial charge in [-0.1, -0.05) is 27.5 Å². The van der Waals surface area contributed by atoms with Crippen LogP contribution in [0.5, 0.6) is 5.75 Å². The van der Waals surface area contributed by atoms with Crippen molar-refractivity contribution in [3.8, 4) is 5.75 Å². The number of ether oxygens (including phenoxy) is 3. The largest absolute Gasteiger partial charge is 0.492 e. The number of aliphatic hydroxyl groups is 1. The molecular weight excluding hydrogens is 526 g/mol. The van der Waals surface area contributed by atoms with Gasteiger partial charge < -0.3 is 29.5 Å². The van der Waals surface area contributed by atoms with Crippen LogP contribution in [-0.2, 0) is 19.1 Å². The van der Waals surface area contributed by atoms with E-state index < -0.39 is 41.7 Å². The summed E-state index contributed by atoms with van der Waals surface area (Å²) >= 11 is 9.46. The molecule has 0 radical (unpaired) electrons. The van der Waals surface area contributed by atoms with Gasteiger partial charge in [-0.2, -0.15) is 0 Å². The summed E-state index contributed by atoms with van der Waals surface area (Å²) < 4.78 is 16.0. The summed E-state index contributed by atoms with van der Waals surface area (Å²) in [5, 5.41) is 32.1. The highest BCUT2D eigenvalue weighted by Crippen LogP contribution is 2.36. The number of methoxy groups -OCH3 is 1. The number of halogens is 2. The molecule has 1 atom stereocenters. The minimum Gasteiger partial charge on any atom is -0.492 e. The highest BCUT2D eigenvalue weighted by molar-refractivity contribution is 9.10. The summed E-state index contributed by atoms with van der Waals surface area (Å²) in [4.78, 5) is 35.8. The van der Waals surface area contributed by atoms with Crippen LogP contribution in [0, 0.1) is 0 Å². The standard InChI is InChI=1S/C21H29BrClNO9/c1-20(2,3)33-19(30)24-21(17(26)27,18(28)29)7-6-15(25)12-10-16(14(23)11-13(12)22)32-9-5-8-31-4/h10-11,15,25H,5-9H2,1-4H3,(H,24,30)(H,26,27)(H,28,29)/t15-/m0/s1. The molecule has 0 heterocycles. The third kappa shape index (κ3) is 8.65. The van der Waals surface area contributed by atoms with E-state index in [2.05, 4.69) is 15.9 Å². The molecule has 1 aromatic carbocycles. The zero-order chi connectivity index (χ0) is 25.4. The lowest BCUT2D eigenvalue weighted by Gasteiger charge is -2.29. The number of hydrogen-bond donors (Lipinski definition) is 4. The smallest absolute Gasteiger partial charge is 0.409 e. The Morgan fingerprint density at radius 1 is 1.15 bits per heavy atom. The average molecular weight is 555 g/mol. The van der Waals surface area contributed by atoms with Crippen molar-refractivity contribution in [2.24, 2.45) is 0 Å². The van der Waals surface area contributed by atoms with E-state index in [0.717, 1.165) is 0 Å². The molecule has 0 unspecified atom stereocenters. The van der Waals surface area contributed by atoms with E-state index in [4.69, 9.17) is 25.8 Å². The predicted octanol–water partition coefficient (Wildman–Crippen LogP) is 3.76. The molecule has 10 nitrogen and oxygen atoms in total. The van der Waals surface area contributed by atoms with Crippen molar-refractivity contribution in [3.05, 3.63) is 27.2 Å². The Morgan fingerprint density at radius 3 is 2.27 bits per heavy atom. The molecule has 33 heavy (non-hydrogen) atoms. The van der Waals surface area contributed by atoms with E-state index in [-0.39, 0.29) is 11.4 Å². The monoisotopic (exact) mass is 553 g/mol. The summed E-state index contributed by atoms with van der Waals surface area (Å²) in [7, 11) is 1.56. The normalized spacial score (nSPS) is 12.7. The van der Waals surface area contributed by atoms with E-state index in [1.807, 2.05) is 5.32 Å². The van der Waals surface area contributed by atoms with Gasteiger partial charge in [0.25, 0.3) is 0 Å². The van der Waals surface area contributed by atoms with Gasteiger partial charge in [0.2, 0.25) is 5.54 Å². The van der Waals surface area contributed by atoms with E-state index in [1.54, 1.807) is 27.9 Å². The van der Waals surface area contributed by atoms with E-state index in [0.29, 0.717) is 35.4 Å². The first-order valence-electron chi connectivity index (χ1n) is 10.00. The number of carbonyl (C=O) groups is 3. The number of nitrogens with one attached hydrogen (secondary N) is 1. The van der Waals surface area contributed by atoms with Gasteiger partial charge in [0.1, 0.15) is 11.4 Å². The van der Waals surface area contributed by atoms with Crippen LogP contribution in [0.1, 0.15) is 51.7 Å². The lowest BCUT2D eigenvalue weighted by Crippen LogP contribution is -2.61. The Kier molecular flexibility index (Phi) is 10.9. The van der Waals surface area contributed by atoms with Crippen molar-refractivity contribution in [2.45, 2.75) is 57.3 Å². The van der Waals surface area contributed by atoms with Crippen LogP contribution in [0.2, 0.25) is 5.02 Å². The molecule has 0 aliphatic rings. The zero-order valence-electron chi connectivity index (χ0n) is 18.8. The van der Waals surface area contributed by atoms with Crippen LogP contribution in [-0.4, -0.2) is 64.8 Å². The fraction of sp³-hybridized carbons (Fsp3) is 0.571. The highest BCUT2D eigenvalue weighted by Gasteiger charge is 2.49. The molecule has 0 fully saturated rings. The summed E-state index contributed by atoms with van der Waals surface area (Å²) in [5.41, 5.74) is -3.37. The molecule has 0 aliphatic carbocycles. The van der Waals surface area contributed by atoms with Crippen LogP contribution in [0.15, 0.2) is 16.6 Å². The first-order valence-corrected chi connectivity index (χ1v) is 11.2. The van der Waals surface area contributed by atoms with Gasteiger partial charge in [0.05, 0.1) is 17.7 Å². The first-order chi connectivity index (χ1) is 15.2. The third-order valence-corrected chi connectivity index (χ3v) is 5.38. The van der Waals surface area contributed by atoms with Crippen LogP contribution < -0.4 is 10.1 Å². The molecule has 0 aliphatic heterocycles. The van der Waals surface area contributed by atoms with E-state index in [9.17, 15) is 29.7 Å². The number of amides is 1. The molecule has 1 rings (SSSR count). The molecule has 4 N–H and O–H groups in total. The van der Waals surface area contributed by atoms with E-state index >= 15 is 0 Å². The molecule has 0 saturated carbocycles. The van der Waals surface area contributed by atoms with Crippen molar-refractivity contribution in [2.75, 3.05) is 20.3 Å². The number of hydrogen-bond acceptors (Lipinski definition) is 7. The fourth-order valence-corrected chi connectivity index (χ4v) is 3.72. The van der Waals surface area contributed by atoms with Crippen molar-refractivity contribution < 1.29 is 43.9 Å². The van der Waals surface area contributed by atoms with Crippen LogP contribution in [0.25, 0.3) is 0 Å². The van der Waals surface area contributed by atoms with Crippen LogP contribution in [0.4, 0.5) is 4.79 Å². The molecule has 0 spiro atoms. The highest BCUT2D eigenvalue weighted by atomic mass is 79.9. The Bertz CT molecular complexity index is 843. The number of benzene rings is 1. The van der Waals surface area contributed by atoms with Gasteiger partial charge in [-0.3, -0.25) is 5.32 Å². The summed E-state index contributed by atoms with van der Waals surface area (Å²) in [5.74, 6) is -3.31. The number of aliphatic hydroxyl groups excluding tert-OH is 1. The van der Waals surface area contributed by atoms with Gasteiger partial charge in [0, 0.05) is 24.6 Å². The lowest BCUT2D eigenvalue weighted by atomic mass is 9.90. The quantitative estimate of drug-likeness (QED) is 0.223. The Balaban J connectivity index is 3.06. The number of carbonyl (C=O) groups excluding carboxylic acids is 1. The van der Waals surface area contributed by atoms with Gasteiger partial charge in [0.15, 0.2) is 0 Å². The minimum atomic E-state index is -2.71. The maximum Gasteiger partial charge on any atom is 0.409 e. The SMILES string of the molecule is COCCCOc1cc([C@@H](O)CCC(NC(=O)OC(C)(C)C)(C(=O)O)C(=O)O)c(Br)cc1Cl. The van der Waals surface area contributed by atoms with Gasteiger partial charge >= 0.3 is 18.0 Å². The Morgan fingerprint density at radius 2 is 1.76 bits per heavy atom. The Hall–Kier alpha value is -2.08. The number of carboxylic acid groups (broad SMARTS) is 2. The summed E-state index contributed by atoms with van der Waals surface area (Å²) in [6, 6.07) is 2.99. The molecule has 0 saturated heterocycles. The third-order valence-electron chi connectivity index (χ3n) is 4.40. The molecule has 1 amide bonds. The molecule has 0 bridgehead atoms. The number of aliphatic carboxylic acids is 2. The molecule has 1 aromatic rings. The van der Waals surface area contributed by atoms with Crippen molar-refractivity contribution >= 4 is 45.6 Å². The summed E-state index contributed by atoms with van der Waals surface area (Å²) in [6.07, 6.45) is -2.84. The van der Waals surface area contributed by atoms with Crippen LogP contribution in [0.3, 0.4) is 0 Å². The number of alkyl carbamates (subject to hydrolysis) is 1. The van der Waals surface area contributed by atoms with Crippen molar-refractivity contribution in [1.82, 2.24) is 5.32 Å². The fourth-order valence-electron chi connectivity index (χ4n) is 2.76. The zero-order valence-corrected chi connectivity index (χ0v) is 21.2. The van der Waals surface area contributed by atoms with E-state index in [1.165, 1.54) is 12.1 Å². The topological polar surface area (TPSA) is 152 Å². The number of rotatable bonds is 12. The lowest BCUT2D eigenvalue weighted by molar-refractivity contribution is -0.159. The first kappa shape index (κ1) is 29.0. The number of carboxylic acids is 2. The van der Waals surface area contributed by atoms with Crippen LogP contribution >= 0.6 is 27.5 Å². The molecule has 12 heteroatoms. The van der Waals surface area contributed by atoms with Crippen molar-refractivity contribution in [1.29, 1.82) is 0 Å². The maximum absolute atomic E-state index is 12.1. The average Bonchev–Trinajstić information content (AvgIpc) is 2.67. The second-order valence-electron chi connectivity index (χ2n) is 8.20. The Labute approximate surface area is 205 Å². The van der Waals surface area contributed by atoms with Gasteiger partial charge in [-0.05, 0) is 51.3 Å². The maximum atomic E-state index is 12.1. The molecular formula is C21H29BrClNO9. The molecule has 0 aromatic heterocycles. The summed E-state index contributed by atoms with van der Waals surface area (Å²) in [6.45, 7) is 5.44. The predicted molar refractivity (Wildman–Crippen MR) is 123 cm³/mol. The molecule has 186 valence electrons.